The number of piperidine rings is 1. The first kappa shape index (κ1) is 15.2. The number of rotatable bonds is 3. The van der Waals surface area contributed by atoms with Gasteiger partial charge in [-0.2, -0.15) is 21.4 Å². The molecule has 22 heavy (non-hydrogen) atoms. The fourth-order valence-corrected chi connectivity index (χ4v) is 3.46. The van der Waals surface area contributed by atoms with Gasteiger partial charge in [-0.3, -0.25) is 4.68 Å². The summed E-state index contributed by atoms with van der Waals surface area (Å²) in [5, 5.41) is 16.0. The van der Waals surface area contributed by atoms with E-state index in [0.29, 0.717) is 11.7 Å². The van der Waals surface area contributed by atoms with E-state index in [0.717, 1.165) is 31.5 Å². The molecule has 0 saturated carbocycles. The Hall–Kier alpha value is -1.70. The standard InChI is InChI=1S/C14H15N5OS.ClH/c1-5-16-19(8-1)14(3-6-15-7-4-14)13-17-12(18-20-13)11-2-9-21-10-11;/h1-2,5,8-10,15H,3-4,6-7H2;1H. The fourth-order valence-electron chi connectivity index (χ4n) is 2.82. The zero-order valence-corrected chi connectivity index (χ0v) is 13.4. The molecule has 0 atom stereocenters. The molecule has 0 spiro atoms. The monoisotopic (exact) mass is 337 g/mol. The molecule has 0 bridgehead atoms. The lowest BCUT2D eigenvalue weighted by Crippen LogP contribution is -2.45. The molecule has 1 saturated heterocycles. The Morgan fingerprint density at radius 2 is 2.18 bits per heavy atom. The lowest BCUT2D eigenvalue weighted by molar-refractivity contribution is 0.172. The largest absolute Gasteiger partial charge is 0.336 e. The van der Waals surface area contributed by atoms with E-state index in [1.54, 1.807) is 17.5 Å². The summed E-state index contributed by atoms with van der Waals surface area (Å²) in [5.41, 5.74) is 0.662. The summed E-state index contributed by atoms with van der Waals surface area (Å²) in [5.74, 6) is 1.30. The molecule has 4 heterocycles. The van der Waals surface area contributed by atoms with Gasteiger partial charge in [0.1, 0.15) is 5.54 Å². The molecule has 1 N–H and O–H groups in total. The SMILES string of the molecule is Cl.c1cnn(C2(c3nc(-c4ccsc4)no3)CCNCC2)c1. The van der Waals surface area contributed by atoms with Crippen LogP contribution in [0.25, 0.3) is 11.4 Å². The quantitative estimate of drug-likeness (QED) is 0.795. The van der Waals surface area contributed by atoms with Crippen LogP contribution < -0.4 is 5.32 Å². The molecule has 3 aromatic heterocycles. The van der Waals surface area contributed by atoms with Crippen molar-refractivity contribution >= 4 is 23.7 Å². The van der Waals surface area contributed by atoms with Crippen molar-refractivity contribution in [3.05, 3.63) is 41.2 Å². The van der Waals surface area contributed by atoms with Crippen LogP contribution in [0.3, 0.4) is 0 Å². The Balaban J connectivity index is 0.00000144. The van der Waals surface area contributed by atoms with Crippen LogP contribution in [0.1, 0.15) is 18.7 Å². The highest BCUT2D eigenvalue weighted by Crippen LogP contribution is 2.34. The highest BCUT2D eigenvalue weighted by Gasteiger charge is 2.41. The molecule has 6 nitrogen and oxygen atoms in total. The Bertz CT molecular complexity index is 704. The maximum absolute atomic E-state index is 5.61. The van der Waals surface area contributed by atoms with Crippen LogP contribution in [0.5, 0.6) is 0 Å². The van der Waals surface area contributed by atoms with E-state index in [1.807, 2.05) is 33.8 Å². The van der Waals surface area contributed by atoms with E-state index in [4.69, 9.17) is 4.52 Å². The highest BCUT2D eigenvalue weighted by molar-refractivity contribution is 7.08. The van der Waals surface area contributed by atoms with Crippen LogP contribution in [0.15, 0.2) is 39.8 Å². The van der Waals surface area contributed by atoms with Crippen molar-refractivity contribution in [1.82, 2.24) is 25.2 Å². The summed E-state index contributed by atoms with van der Waals surface area (Å²) in [6.07, 6.45) is 5.54. The van der Waals surface area contributed by atoms with E-state index in [1.165, 1.54) is 0 Å². The number of hydrogen-bond donors (Lipinski definition) is 1. The van der Waals surface area contributed by atoms with Crippen LogP contribution in [0.4, 0.5) is 0 Å². The molecule has 0 aromatic carbocycles. The van der Waals surface area contributed by atoms with Gasteiger partial charge in [-0.15, -0.1) is 12.4 Å². The molecule has 0 unspecified atom stereocenters. The van der Waals surface area contributed by atoms with Gasteiger partial charge in [0.25, 0.3) is 5.89 Å². The van der Waals surface area contributed by atoms with Crippen LogP contribution in [0.2, 0.25) is 0 Å². The first-order chi connectivity index (χ1) is 10.4. The van der Waals surface area contributed by atoms with Crippen molar-refractivity contribution in [2.24, 2.45) is 0 Å². The molecule has 0 radical (unpaired) electrons. The predicted octanol–water partition coefficient (Wildman–Crippen LogP) is 2.54. The van der Waals surface area contributed by atoms with E-state index >= 15 is 0 Å². The van der Waals surface area contributed by atoms with Crippen LogP contribution in [-0.4, -0.2) is 33.0 Å². The van der Waals surface area contributed by atoms with Gasteiger partial charge in [0, 0.05) is 23.3 Å². The number of thiophene rings is 1. The molecule has 4 rings (SSSR count). The number of halogens is 1. The molecule has 1 fully saturated rings. The van der Waals surface area contributed by atoms with Crippen molar-refractivity contribution in [3.63, 3.8) is 0 Å². The average molecular weight is 338 g/mol. The highest BCUT2D eigenvalue weighted by atomic mass is 35.5. The van der Waals surface area contributed by atoms with Crippen molar-refractivity contribution in [2.75, 3.05) is 13.1 Å². The Morgan fingerprint density at radius 1 is 1.32 bits per heavy atom. The fraction of sp³-hybridized carbons (Fsp3) is 0.357. The molecule has 3 aromatic rings. The topological polar surface area (TPSA) is 68.8 Å². The average Bonchev–Trinajstić information content (AvgIpc) is 3.27. The second kappa shape index (κ2) is 6.20. The van der Waals surface area contributed by atoms with Crippen LogP contribution in [-0.2, 0) is 5.54 Å². The van der Waals surface area contributed by atoms with E-state index in [2.05, 4.69) is 20.6 Å². The first-order valence-electron chi connectivity index (χ1n) is 6.96. The summed E-state index contributed by atoms with van der Waals surface area (Å²) in [7, 11) is 0. The summed E-state index contributed by atoms with van der Waals surface area (Å²) in [6, 6.07) is 3.93. The Morgan fingerprint density at radius 3 is 2.86 bits per heavy atom. The first-order valence-corrected chi connectivity index (χ1v) is 7.90. The van der Waals surface area contributed by atoms with Crippen molar-refractivity contribution in [3.8, 4) is 11.4 Å². The molecular formula is C14H16ClN5OS. The third-order valence-corrected chi connectivity index (χ3v) is 4.66. The van der Waals surface area contributed by atoms with Gasteiger partial charge in [0.15, 0.2) is 0 Å². The number of aromatic nitrogens is 4. The van der Waals surface area contributed by atoms with Gasteiger partial charge in [-0.05, 0) is 43.4 Å². The summed E-state index contributed by atoms with van der Waals surface area (Å²) >= 11 is 1.63. The van der Waals surface area contributed by atoms with E-state index in [-0.39, 0.29) is 17.9 Å². The summed E-state index contributed by atoms with van der Waals surface area (Å²) in [4.78, 5) is 4.64. The Labute approximate surface area is 138 Å². The van der Waals surface area contributed by atoms with Crippen molar-refractivity contribution in [1.29, 1.82) is 0 Å². The molecular weight excluding hydrogens is 322 g/mol. The smallest absolute Gasteiger partial charge is 0.255 e. The van der Waals surface area contributed by atoms with E-state index in [9.17, 15) is 0 Å². The minimum Gasteiger partial charge on any atom is -0.336 e. The molecule has 1 aliphatic rings. The van der Waals surface area contributed by atoms with Gasteiger partial charge in [-0.1, -0.05) is 5.16 Å². The van der Waals surface area contributed by atoms with Crippen LogP contribution in [0, 0.1) is 0 Å². The van der Waals surface area contributed by atoms with Gasteiger partial charge in [0.2, 0.25) is 5.82 Å². The predicted molar refractivity (Wildman–Crippen MR) is 86.3 cm³/mol. The second-order valence-electron chi connectivity index (χ2n) is 5.17. The summed E-state index contributed by atoms with van der Waals surface area (Å²) < 4.78 is 7.57. The minimum atomic E-state index is -0.337. The van der Waals surface area contributed by atoms with Crippen LogP contribution >= 0.6 is 23.7 Å². The number of hydrogen-bond acceptors (Lipinski definition) is 6. The Kier molecular flexibility index (Phi) is 4.28. The second-order valence-corrected chi connectivity index (χ2v) is 5.95. The lowest BCUT2D eigenvalue weighted by Gasteiger charge is -2.34. The molecule has 1 aliphatic heterocycles. The van der Waals surface area contributed by atoms with Gasteiger partial charge < -0.3 is 9.84 Å². The van der Waals surface area contributed by atoms with Gasteiger partial charge >= 0.3 is 0 Å². The minimum absolute atomic E-state index is 0. The molecule has 0 aliphatic carbocycles. The maximum atomic E-state index is 5.61. The molecule has 116 valence electrons. The number of nitrogens with zero attached hydrogens (tertiary/aromatic N) is 4. The summed E-state index contributed by atoms with van der Waals surface area (Å²) in [6.45, 7) is 1.83. The van der Waals surface area contributed by atoms with E-state index < -0.39 is 0 Å². The molecule has 8 heteroatoms. The third-order valence-electron chi connectivity index (χ3n) is 3.98. The molecule has 0 amide bonds. The zero-order chi connectivity index (χ0) is 14.1. The van der Waals surface area contributed by atoms with Crippen molar-refractivity contribution in [2.45, 2.75) is 18.4 Å². The van der Waals surface area contributed by atoms with Gasteiger partial charge in [-0.25, -0.2) is 0 Å². The van der Waals surface area contributed by atoms with Gasteiger partial charge in [0.05, 0.1) is 0 Å². The zero-order valence-electron chi connectivity index (χ0n) is 11.8. The van der Waals surface area contributed by atoms with Crippen molar-refractivity contribution < 1.29 is 4.52 Å². The third kappa shape index (κ3) is 2.45. The normalized spacial score (nSPS) is 17.1. The number of nitrogens with one attached hydrogen (secondary N) is 1. The lowest BCUT2D eigenvalue weighted by atomic mass is 9.88. The maximum Gasteiger partial charge on any atom is 0.255 e.